The molecule has 0 aliphatic carbocycles. The molecule has 1 amide bonds. The van der Waals surface area contributed by atoms with E-state index in [4.69, 9.17) is 4.74 Å². The van der Waals surface area contributed by atoms with Crippen molar-refractivity contribution in [3.05, 3.63) is 30.1 Å². The van der Waals surface area contributed by atoms with Crippen LogP contribution in [0.5, 0.6) is 0 Å². The molecule has 1 fully saturated rings. The van der Waals surface area contributed by atoms with Crippen molar-refractivity contribution in [1.82, 2.24) is 5.32 Å². The SMILES string of the molecule is O=C(NCCCNc1cccc(F)c1)[C@H]1CCCOC1. The second kappa shape index (κ2) is 7.85. The van der Waals surface area contributed by atoms with E-state index in [1.807, 2.05) is 6.07 Å². The molecule has 4 nitrogen and oxygen atoms in total. The topological polar surface area (TPSA) is 50.4 Å². The van der Waals surface area contributed by atoms with Crippen molar-refractivity contribution in [3.63, 3.8) is 0 Å². The highest BCUT2D eigenvalue weighted by atomic mass is 19.1. The molecule has 20 heavy (non-hydrogen) atoms. The van der Waals surface area contributed by atoms with Crippen LogP contribution in [0.1, 0.15) is 19.3 Å². The monoisotopic (exact) mass is 280 g/mol. The zero-order chi connectivity index (χ0) is 14.2. The van der Waals surface area contributed by atoms with Gasteiger partial charge in [-0.1, -0.05) is 6.07 Å². The van der Waals surface area contributed by atoms with E-state index < -0.39 is 0 Å². The normalized spacial score (nSPS) is 18.6. The molecule has 1 aromatic carbocycles. The van der Waals surface area contributed by atoms with E-state index in [1.54, 1.807) is 6.07 Å². The molecular formula is C15H21FN2O2. The minimum Gasteiger partial charge on any atom is -0.385 e. The summed E-state index contributed by atoms with van der Waals surface area (Å²) < 4.78 is 18.2. The summed E-state index contributed by atoms with van der Waals surface area (Å²) in [6, 6.07) is 6.36. The molecule has 0 radical (unpaired) electrons. The van der Waals surface area contributed by atoms with E-state index in [2.05, 4.69) is 10.6 Å². The summed E-state index contributed by atoms with van der Waals surface area (Å²) >= 11 is 0. The maximum Gasteiger partial charge on any atom is 0.225 e. The third-order valence-corrected chi connectivity index (χ3v) is 3.34. The van der Waals surface area contributed by atoms with Gasteiger partial charge in [0.2, 0.25) is 5.91 Å². The molecule has 0 bridgehead atoms. The van der Waals surface area contributed by atoms with Crippen molar-refractivity contribution in [2.24, 2.45) is 5.92 Å². The highest BCUT2D eigenvalue weighted by Gasteiger charge is 2.20. The fourth-order valence-corrected chi connectivity index (χ4v) is 2.22. The van der Waals surface area contributed by atoms with Crippen molar-refractivity contribution < 1.29 is 13.9 Å². The number of ether oxygens (including phenoxy) is 1. The van der Waals surface area contributed by atoms with Crippen LogP contribution in [0.15, 0.2) is 24.3 Å². The summed E-state index contributed by atoms with van der Waals surface area (Å²) in [5, 5.41) is 6.04. The number of halogens is 1. The van der Waals surface area contributed by atoms with Gasteiger partial charge in [-0.3, -0.25) is 4.79 Å². The number of rotatable bonds is 6. The predicted octanol–water partition coefficient (Wildman–Crippen LogP) is 2.17. The van der Waals surface area contributed by atoms with Gasteiger partial charge in [-0.25, -0.2) is 4.39 Å². The Balaban J connectivity index is 1.58. The molecule has 0 unspecified atom stereocenters. The molecule has 0 saturated carbocycles. The number of carbonyl (C=O) groups is 1. The largest absolute Gasteiger partial charge is 0.385 e. The molecule has 1 aliphatic rings. The first-order valence-electron chi connectivity index (χ1n) is 7.10. The molecule has 0 spiro atoms. The molecule has 110 valence electrons. The van der Waals surface area contributed by atoms with Gasteiger partial charge >= 0.3 is 0 Å². The number of nitrogens with one attached hydrogen (secondary N) is 2. The first kappa shape index (κ1) is 14.8. The van der Waals surface area contributed by atoms with Crippen LogP contribution in [0.4, 0.5) is 10.1 Å². The van der Waals surface area contributed by atoms with Crippen LogP contribution >= 0.6 is 0 Å². The van der Waals surface area contributed by atoms with Crippen LogP contribution < -0.4 is 10.6 Å². The van der Waals surface area contributed by atoms with Crippen LogP contribution in [-0.2, 0) is 9.53 Å². The fraction of sp³-hybridized carbons (Fsp3) is 0.533. The van der Waals surface area contributed by atoms with E-state index in [0.29, 0.717) is 19.7 Å². The molecule has 1 atom stereocenters. The standard InChI is InChI=1S/C15H21FN2O2/c16-13-5-1-6-14(10-13)17-7-3-8-18-15(19)12-4-2-9-20-11-12/h1,5-6,10,12,17H,2-4,7-9,11H2,(H,18,19)/t12-/m0/s1. The van der Waals surface area contributed by atoms with E-state index in [1.165, 1.54) is 12.1 Å². The Bertz CT molecular complexity index is 434. The number of hydrogen-bond acceptors (Lipinski definition) is 3. The van der Waals surface area contributed by atoms with Crippen molar-refractivity contribution in [1.29, 1.82) is 0 Å². The van der Waals surface area contributed by atoms with Crippen molar-refractivity contribution >= 4 is 11.6 Å². The Hall–Kier alpha value is -1.62. The fourth-order valence-electron chi connectivity index (χ4n) is 2.22. The van der Waals surface area contributed by atoms with Crippen molar-refractivity contribution in [2.45, 2.75) is 19.3 Å². The Morgan fingerprint density at radius 3 is 3.05 bits per heavy atom. The summed E-state index contributed by atoms with van der Waals surface area (Å²) in [5.74, 6) is -0.170. The second-order valence-corrected chi connectivity index (χ2v) is 5.00. The minimum atomic E-state index is -0.249. The van der Waals surface area contributed by atoms with Crippen molar-refractivity contribution in [3.8, 4) is 0 Å². The van der Waals surface area contributed by atoms with E-state index in [9.17, 15) is 9.18 Å². The van der Waals surface area contributed by atoms with Crippen molar-refractivity contribution in [2.75, 3.05) is 31.6 Å². The molecule has 1 aliphatic heterocycles. The van der Waals surface area contributed by atoms with Crippen LogP contribution in [0.2, 0.25) is 0 Å². The highest BCUT2D eigenvalue weighted by molar-refractivity contribution is 5.78. The van der Waals surface area contributed by atoms with Gasteiger partial charge in [-0.2, -0.15) is 0 Å². The van der Waals surface area contributed by atoms with E-state index >= 15 is 0 Å². The predicted molar refractivity (Wildman–Crippen MR) is 76.1 cm³/mol. The molecule has 1 aromatic rings. The first-order chi connectivity index (χ1) is 9.75. The molecule has 2 rings (SSSR count). The van der Waals surface area contributed by atoms with Crippen LogP contribution in [-0.4, -0.2) is 32.2 Å². The number of hydrogen-bond donors (Lipinski definition) is 2. The third kappa shape index (κ3) is 4.81. The summed E-state index contributed by atoms with van der Waals surface area (Å²) in [4.78, 5) is 11.8. The number of benzene rings is 1. The van der Waals surface area contributed by atoms with E-state index in [0.717, 1.165) is 31.6 Å². The lowest BCUT2D eigenvalue weighted by Crippen LogP contribution is -2.36. The Labute approximate surface area is 118 Å². The molecular weight excluding hydrogens is 259 g/mol. The van der Waals surface area contributed by atoms with Gasteiger partial charge in [-0.15, -0.1) is 0 Å². The minimum absolute atomic E-state index is 0.0000663. The number of amides is 1. The van der Waals surface area contributed by atoms with E-state index in [-0.39, 0.29) is 17.6 Å². The maximum absolute atomic E-state index is 12.9. The maximum atomic E-state index is 12.9. The zero-order valence-corrected chi connectivity index (χ0v) is 11.5. The Morgan fingerprint density at radius 2 is 2.30 bits per heavy atom. The van der Waals surface area contributed by atoms with Gasteiger partial charge in [0, 0.05) is 25.4 Å². The van der Waals surface area contributed by atoms with Gasteiger partial charge in [0.1, 0.15) is 5.82 Å². The average Bonchev–Trinajstić information content (AvgIpc) is 2.48. The first-order valence-corrected chi connectivity index (χ1v) is 7.10. The molecule has 5 heteroatoms. The van der Waals surface area contributed by atoms with Gasteiger partial charge in [0.15, 0.2) is 0 Å². The third-order valence-electron chi connectivity index (χ3n) is 3.34. The smallest absolute Gasteiger partial charge is 0.225 e. The summed E-state index contributed by atoms with van der Waals surface area (Å²) in [5.41, 5.74) is 0.761. The molecule has 1 saturated heterocycles. The lowest BCUT2D eigenvalue weighted by atomic mass is 10.0. The van der Waals surface area contributed by atoms with Gasteiger partial charge in [0.25, 0.3) is 0 Å². The average molecular weight is 280 g/mol. The van der Waals surface area contributed by atoms with Crippen LogP contribution in [0, 0.1) is 11.7 Å². The summed E-state index contributed by atoms with van der Waals surface area (Å²) in [6.45, 7) is 2.62. The lowest BCUT2D eigenvalue weighted by Gasteiger charge is -2.21. The molecule has 2 N–H and O–H groups in total. The second-order valence-electron chi connectivity index (χ2n) is 5.00. The molecule has 1 heterocycles. The Morgan fingerprint density at radius 1 is 1.40 bits per heavy atom. The quantitative estimate of drug-likeness (QED) is 0.785. The lowest BCUT2D eigenvalue weighted by molar-refractivity contribution is -0.128. The van der Waals surface area contributed by atoms with Gasteiger partial charge in [0.05, 0.1) is 12.5 Å². The highest BCUT2D eigenvalue weighted by Crippen LogP contribution is 2.13. The zero-order valence-electron chi connectivity index (χ0n) is 11.5. The van der Waals surface area contributed by atoms with Gasteiger partial charge in [-0.05, 0) is 37.5 Å². The van der Waals surface area contributed by atoms with Crippen LogP contribution in [0.25, 0.3) is 0 Å². The summed E-state index contributed by atoms with van der Waals surface area (Å²) in [6.07, 6.45) is 2.67. The number of carbonyl (C=O) groups excluding carboxylic acids is 1. The van der Waals surface area contributed by atoms with Crippen LogP contribution in [0.3, 0.4) is 0 Å². The molecule has 0 aromatic heterocycles. The summed E-state index contributed by atoms with van der Waals surface area (Å²) in [7, 11) is 0. The number of anilines is 1. The Kier molecular flexibility index (Phi) is 5.80. The van der Waals surface area contributed by atoms with Gasteiger partial charge < -0.3 is 15.4 Å².